The van der Waals surface area contributed by atoms with Crippen molar-refractivity contribution in [2.75, 3.05) is 16.8 Å². The number of imidazole rings is 1. The standard InChI is InChI=1S/C35H25FN6O2.ClH/c36-28-21-23(39-34(43)25-12-5-4-11-24(25)22-9-2-1-3-10-22)15-16-26(28)35(44)42-20-17-29-31(27-13-6-7-14-30(27)42)41-33(40-29)32-37-18-8-19-38-32;/h1-16,18-19,21H,17,20H2,(H,39,43)(H,40,41);1H. The van der Waals surface area contributed by atoms with E-state index in [2.05, 4.69) is 20.3 Å². The molecule has 7 rings (SSSR count). The Balaban J connectivity index is 0.00000357. The molecule has 0 aliphatic carbocycles. The van der Waals surface area contributed by atoms with E-state index in [4.69, 9.17) is 4.98 Å². The molecule has 0 radical (unpaired) electrons. The summed E-state index contributed by atoms with van der Waals surface area (Å²) in [7, 11) is 0. The van der Waals surface area contributed by atoms with E-state index in [-0.39, 0.29) is 29.6 Å². The highest BCUT2D eigenvalue weighted by atomic mass is 35.5. The van der Waals surface area contributed by atoms with Crippen LogP contribution in [0, 0.1) is 5.82 Å². The van der Waals surface area contributed by atoms with E-state index in [1.807, 2.05) is 66.7 Å². The summed E-state index contributed by atoms with van der Waals surface area (Å²) in [5.74, 6) is -0.576. The summed E-state index contributed by atoms with van der Waals surface area (Å²) in [4.78, 5) is 45.2. The van der Waals surface area contributed by atoms with Gasteiger partial charge in [-0.2, -0.15) is 0 Å². The molecule has 0 unspecified atom stereocenters. The number of nitrogens with zero attached hydrogens (tertiary/aromatic N) is 4. The predicted molar refractivity (Wildman–Crippen MR) is 174 cm³/mol. The van der Waals surface area contributed by atoms with Gasteiger partial charge in [-0.3, -0.25) is 9.59 Å². The summed E-state index contributed by atoms with van der Waals surface area (Å²) in [6.07, 6.45) is 3.77. The number of amides is 2. The number of benzene rings is 4. The number of halogens is 2. The minimum atomic E-state index is -0.731. The molecule has 1 aliphatic heterocycles. The average Bonchev–Trinajstić information content (AvgIpc) is 3.43. The van der Waals surface area contributed by atoms with E-state index in [1.54, 1.807) is 41.6 Å². The summed E-state index contributed by atoms with van der Waals surface area (Å²) in [5, 5.41) is 2.78. The molecule has 222 valence electrons. The minimum absolute atomic E-state index is 0. The second-order valence-electron chi connectivity index (χ2n) is 10.3. The third kappa shape index (κ3) is 5.69. The van der Waals surface area contributed by atoms with Crippen molar-refractivity contribution in [3.05, 3.63) is 138 Å². The normalized spacial score (nSPS) is 11.9. The van der Waals surface area contributed by atoms with Crippen molar-refractivity contribution in [3.63, 3.8) is 0 Å². The lowest BCUT2D eigenvalue weighted by Crippen LogP contribution is -2.33. The van der Waals surface area contributed by atoms with Gasteiger partial charge >= 0.3 is 0 Å². The van der Waals surface area contributed by atoms with E-state index in [1.165, 1.54) is 12.1 Å². The lowest BCUT2D eigenvalue weighted by atomic mass is 9.99. The molecule has 2 aromatic heterocycles. The maximum Gasteiger partial charge on any atom is 0.261 e. The third-order valence-electron chi connectivity index (χ3n) is 7.55. The first-order valence-electron chi connectivity index (χ1n) is 14.1. The molecule has 10 heteroatoms. The van der Waals surface area contributed by atoms with Gasteiger partial charge < -0.3 is 15.2 Å². The number of H-pyrrole nitrogens is 1. The second kappa shape index (κ2) is 12.5. The molecule has 0 spiro atoms. The van der Waals surface area contributed by atoms with Crippen molar-refractivity contribution in [3.8, 4) is 34.0 Å². The van der Waals surface area contributed by atoms with Crippen LogP contribution in [0.25, 0.3) is 34.0 Å². The van der Waals surface area contributed by atoms with Crippen LogP contribution in [-0.2, 0) is 6.42 Å². The van der Waals surface area contributed by atoms with Crippen molar-refractivity contribution in [1.82, 2.24) is 19.9 Å². The van der Waals surface area contributed by atoms with E-state index < -0.39 is 11.7 Å². The zero-order valence-corrected chi connectivity index (χ0v) is 24.6. The zero-order valence-electron chi connectivity index (χ0n) is 23.8. The zero-order chi connectivity index (χ0) is 30.0. The fourth-order valence-electron chi connectivity index (χ4n) is 5.47. The Bertz CT molecular complexity index is 2020. The molecule has 8 nitrogen and oxygen atoms in total. The van der Waals surface area contributed by atoms with Crippen LogP contribution in [0.2, 0.25) is 0 Å². The van der Waals surface area contributed by atoms with Gasteiger partial charge in [-0.05, 0) is 47.5 Å². The van der Waals surface area contributed by atoms with Crippen molar-refractivity contribution < 1.29 is 14.0 Å². The molecular weight excluding hydrogens is 591 g/mol. The van der Waals surface area contributed by atoms with Gasteiger partial charge in [-0.15, -0.1) is 12.4 Å². The van der Waals surface area contributed by atoms with E-state index in [9.17, 15) is 9.59 Å². The first-order chi connectivity index (χ1) is 21.6. The number of aromatic amines is 1. The van der Waals surface area contributed by atoms with Gasteiger partial charge in [-0.25, -0.2) is 19.3 Å². The van der Waals surface area contributed by atoms with Gasteiger partial charge in [-0.1, -0.05) is 66.7 Å². The Morgan fingerprint density at radius 2 is 1.51 bits per heavy atom. The number of carbonyl (C=O) groups is 2. The van der Waals surface area contributed by atoms with Crippen LogP contribution in [0.1, 0.15) is 26.4 Å². The number of hydrogen-bond donors (Lipinski definition) is 2. The van der Waals surface area contributed by atoms with Crippen LogP contribution in [0.15, 0.2) is 116 Å². The summed E-state index contributed by atoms with van der Waals surface area (Å²) in [6, 6.07) is 30.1. The molecule has 45 heavy (non-hydrogen) atoms. The van der Waals surface area contributed by atoms with E-state index >= 15 is 4.39 Å². The smallest absolute Gasteiger partial charge is 0.261 e. The fraction of sp³-hybridized carbons (Fsp3) is 0.0571. The molecule has 1 aliphatic rings. The van der Waals surface area contributed by atoms with Crippen LogP contribution >= 0.6 is 12.4 Å². The maximum atomic E-state index is 15.5. The van der Waals surface area contributed by atoms with Gasteiger partial charge in [0.05, 0.1) is 16.9 Å². The molecular formula is C35H26ClFN6O2. The number of nitrogens with one attached hydrogen (secondary N) is 2. The lowest BCUT2D eigenvalue weighted by Gasteiger charge is -2.23. The highest BCUT2D eigenvalue weighted by Gasteiger charge is 2.29. The molecule has 0 atom stereocenters. The van der Waals surface area contributed by atoms with Crippen LogP contribution in [0.3, 0.4) is 0 Å². The molecule has 3 heterocycles. The number of hydrogen-bond acceptors (Lipinski definition) is 5. The summed E-state index contributed by atoms with van der Waals surface area (Å²) in [6.45, 7) is 0.300. The van der Waals surface area contributed by atoms with Crippen LogP contribution < -0.4 is 10.2 Å². The van der Waals surface area contributed by atoms with E-state index in [0.29, 0.717) is 41.6 Å². The third-order valence-corrected chi connectivity index (χ3v) is 7.55. The Kier molecular flexibility index (Phi) is 8.18. The van der Waals surface area contributed by atoms with Crippen LogP contribution in [0.4, 0.5) is 15.8 Å². The first kappa shape index (κ1) is 29.4. The average molecular weight is 617 g/mol. The maximum absolute atomic E-state index is 15.5. The molecule has 6 aromatic rings. The number of carbonyl (C=O) groups excluding carboxylic acids is 2. The monoisotopic (exact) mass is 616 g/mol. The molecule has 0 fully saturated rings. The van der Waals surface area contributed by atoms with Gasteiger partial charge in [0.15, 0.2) is 11.6 Å². The molecule has 0 saturated carbocycles. The van der Waals surface area contributed by atoms with Crippen LogP contribution in [-0.4, -0.2) is 38.3 Å². The highest BCUT2D eigenvalue weighted by Crippen LogP contribution is 2.37. The SMILES string of the molecule is Cl.O=C(Nc1ccc(C(=O)N2CCc3[nH]c(-c4ncccn4)nc3-c3ccccc32)c(F)c1)c1ccccc1-c1ccccc1. The van der Waals surface area contributed by atoms with Crippen molar-refractivity contribution in [1.29, 1.82) is 0 Å². The van der Waals surface area contributed by atoms with Crippen molar-refractivity contribution in [2.45, 2.75) is 6.42 Å². The number of para-hydroxylation sites is 1. The first-order valence-corrected chi connectivity index (χ1v) is 14.1. The Hall–Kier alpha value is -5.67. The van der Waals surface area contributed by atoms with Crippen molar-refractivity contribution in [2.24, 2.45) is 0 Å². The minimum Gasteiger partial charge on any atom is -0.339 e. The van der Waals surface area contributed by atoms with Gasteiger partial charge in [0, 0.05) is 47.9 Å². The van der Waals surface area contributed by atoms with Gasteiger partial charge in [0.2, 0.25) is 0 Å². The second-order valence-corrected chi connectivity index (χ2v) is 10.3. The number of anilines is 2. The van der Waals surface area contributed by atoms with Crippen molar-refractivity contribution >= 4 is 35.6 Å². The molecule has 0 bridgehead atoms. The molecule has 4 aromatic carbocycles. The topological polar surface area (TPSA) is 104 Å². The van der Waals surface area contributed by atoms with Gasteiger partial charge in [0.1, 0.15) is 5.82 Å². The largest absolute Gasteiger partial charge is 0.339 e. The fourth-order valence-corrected chi connectivity index (χ4v) is 5.47. The number of fused-ring (bicyclic) bond motifs is 3. The van der Waals surface area contributed by atoms with E-state index in [0.717, 1.165) is 22.4 Å². The van der Waals surface area contributed by atoms with Crippen LogP contribution in [0.5, 0.6) is 0 Å². The van der Waals surface area contributed by atoms with Gasteiger partial charge in [0.25, 0.3) is 11.8 Å². The summed E-state index contributed by atoms with van der Waals surface area (Å²) < 4.78 is 15.5. The summed E-state index contributed by atoms with van der Waals surface area (Å²) >= 11 is 0. The predicted octanol–water partition coefficient (Wildman–Crippen LogP) is 7.22. The number of rotatable bonds is 5. The molecule has 2 amide bonds. The highest BCUT2D eigenvalue weighted by molar-refractivity contribution is 6.10. The molecule has 0 saturated heterocycles. The summed E-state index contributed by atoms with van der Waals surface area (Å²) in [5.41, 5.74) is 5.18. The lowest BCUT2D eigenvalue weighted by molar-refractivity contribution is 0.0982. The Labute approximate surface area is 264 Å². The Morgan fingerprint density at radius 1 is 0.800 bits per heavy atom. The quantitative estimate of drug-likeness (QED) is 0.213. The molecule has 2 N–H and O–H groups in total. The number of aromatic nitrogens is 4. The Morgan fingerprint density at radius 3 is 2.29 bits per heavy atom.